The summed E-state index contributed by atoms with van der Waals surface area (Å²) >= 11 is 0. The highest BCUT2D eigenvalue weighted by atomic mass is 35.5. The summed E-state index contributed by atoms with van der Waals surface area (Å²) in [4.78, 5) is 0. The molecule has 1 rings (SSSR count). The molecule has 1 aromatic rings. The first-order valence-electron chi connectivity index (χ1n) is 4.42. The van der Waals surface area contributed by atoms with Crippen molar-refractivity contribution in [2.45, 2.75) is 25.8 Å². The van der Waals surface area contributed by atoms with Crippen molar-refractivity contribution in [1.29, 1.82) is 0 Å². The summed E-state index contributed by atoms with van der Waals surface area (Å²) < 4.78 is 0. The summed E-state index contributed by atoms with van der Waals surface area (Å²) in [5.74, 6) is 0.290. The second kappa shape index (κ2) is 5.73. The molecule has 80 valence electrons. The van der Waals surface area contributed by atoms with Gasteiger partial charge in [0.25, 0.3) is 0 Å². The molecule has 4 heteroatoms. The summed E-state index contributed by atoms with van der Waals surface area (Å²) in [7, 11) is 0. The van der Waals surface area contributed by atoms with Crippen molar-refractivity contribution < 1.29 is 10.2 Å². The molecule has 0 unspecified atom stereocenters. The monoisotopic (exact) mass is 217 g/mol. The van der Waals surface area contributed by atoms with E-state index in [1.54, 1.807) is 0 Å². The van der Waals surface area contributed by atoms with E-state index in [1.165, 1.54) is 18.2 Å². The maximum atomic E-state index is 9.44. The Labute approximate surface area is 90.0 Å². The Kier molecular flexibility index (Phi) is 5.35. The molecule has 4 N–H and O–H groups in total. The molecule has 14 heavy (non-hydrogen) atoms. The minimum Gasteiger partial charge on any atom is -0.508 e. The van der Waals surface area contributed by atoms with Crippen LogP contribution in [0.1, 0.15) is 31.4 Å². The van der Waals surface area contributed by atoms with E-state index in [0.29, 0.717) is 5.56 Å². The Hall–Kier alpha value is -0.930. The van der Waals surface area contributed by atoms with Crippen LogP contribution in [0.5, 0.6) is 11.5 Å². The van der Waals surface area contributed by atoms with Gasteiger partial charge in [-0.3, -0.25) is 0 Å². The molecule has 1 atom stereocenters. The summed E-state index contributed by atoms with van der Waals surface area (Å²) in [6, 6.07) is 4.21. The number of hydrogen-bond acceptors (Lipinski definition) is 3. The summed E-state index contributed by atoms with van der Waals surface area (Å²) in [6.45, 7) is 2.03. The zero-order valence-corrected chi connectivity index (χ0v) is 8.92. The molecule has 0 amide bonds. The van der Waals surface area contributed by atoms with E-state index < -0.39 is 0 Å². The van der Waals surface area contributed by atoms with Gasteiger partial charge in [-0.15, -0.1) is 12.4 Å². The van der Waals surface area contributed by atoms with Crippen LogP contribution in [0.25, 0.3) is 0 Å². The van der Waals surface area contributed by atoms with Crippen LogP contribution in [0.4, 0.5) is 0 Å². The predicted octanol–water partition coefficient (Wildman–Crippen LogP) is 2.32. The summed E-state index contributed by atoms with van der Waals surface area (Å²) in [5, 5.41) is 18.6. The van der Waals surface area contributed by atoms with Crippen molar-refractivity contribution in [3.63, 3.8) is 0 Å². The molecule has 0 aliphatic heterocycles. The van der Waals surface area contributed by atoms with Crippen LogP contribution in [0.15, 0.2) is 18.2 Å². The Balaban J connectivity index is 0.00000169. The van der Waals surface area contributed by atoms with Gasteiger partial charge in [0.2, 0.25) is 0 Å². The third-order valence-corrected chi connectivity index (χ3v) is 2.01. The van der Waals surface area contributed by atoms with Crippen LogP contribution in [-0.2, 0) is 0 Å². The molecule has 0 aliphatic rings. The van der Waals surface area contributed by atoms with Crippen molar-refractivity contribution >= 4 is 12.4 Å². The van der Waals surface area contributed by atoms with Crippen molar-refractivity contribution in [3.8, 4) is 11.5 Å². The van der Waals surface area contributed by atoms with E-state index in [9.17, 15) is 10.2 Å². The van der Waals surface area contributed by atoms with Gasteiger partial charge >= 0.3 is 0 Å². The van der Waals surface area contributed by atoms with Crippen molar-refractivity contribution in [2.24, 2.45) is 5.73 Å². The van der Waals surface area contributed by atoms with Crippen LogP contribution in [-0.4, -0.2) is 10.2 Å². The van der Waals surface area contributed by atoms with Crippen LogP contribution < -0.4 is 5.73 Å². The normalized spacial score (nSPS) is 11.9. The largest absolute Gasteiger partial charge is 0.508 e. The lowest BCUT2D eigenvalue weighted by atomic mass is 10.0. The van der Waals surface area contributed by atoms with Gasteiger partial charge in [-0.1, -0.05) is 13.3 Å². The number of phenolic OH excluding ortho intramolecular Hbond substituents is 2. The molecular weight excluding hydrogens is 202 g/mol. The highest BCUT2D eigenvalue weighted by Gasteiger charge is 2.10. The second-order valence-corrected chi connectivity index (χ2v) is 3.14. The first-order valence-corrected chi connectivity index (χ1v) is 4.42. The van der Waals surface area contributed by atoms with E-state index in [4.69, 9.17) is 5.73 Å². The maximum absolute atomic E-state index is 9.44. The van der Waals surface area contributed by atoms with Crippen molar-refractivity contribution in [3.05, 3.63) is 23.8 Å². The third kappa shape index (κ3) is 3.09. The Bertz CT molecular complexity index is 291. The third-order valence-electron chi connectivity index (χ3n) is 2.01. The van der Waals surface area contributed by atoms with Gasteiger partial charge in [0, 0.05) is 11.6 Å². The van der Waals surface area contributed by atoms with Gasteiger partial charge in [0.15, 0.2) is 0 Å². The Morgan fingerprint density at radius 2 is 2.00 bits per heavy atom. The maximum Gasteiger partial charge on any atom is 0.120 e. The minimum absolute atomic E-state index is 0. The molecule has 0 aliphatic carbocycles. The zero-order valence-electron chi connectivity index (χ0n) is 8.10. The fraction of sp³-hybridized carbons (Fsp3) is 0.400. The number of phenols is 2. The average Bonchev–Trinajstić information content (AvgIpc) is 2.09. The van der Waals surface area contributed by atoms with E-state index in [2.05, 4.69) is 0 Å². The number of aromatic hydroxyl groups is 2. The zero-order chi connectivity index (χ0) is 9.84. The van der Waals surface area contributed by atoms with E-state index in [-0.39, 0.29) is 29.9 Å². The number of benzene rings is 1. The molecule has 0 radical (unpaired) electrons. The van der Waals surface area contributed by atoms with Crippen molar-refractivity contribution in [2.75, 3.05) is 0 Å². The first kappa shape index (κ1) is 13.1. The van der Waals surface area contributed by atoms with Gasteiger partial charge in [-0.2, -0.15) is 0 Å². The fourth-order valence-electron chi connectivity index (χ4n) is 1.31. The lowest BCUT2D eigenvalue weighted by Gasteiger charge is -2.12. The SMILES string of the molecule is CCC[C@H](N)c1cc(O)ccc1O.Cl. The van der Waals surface area contributed by atoms with Gasteiger partial charge in [-0.25, -0.2) is 0 Å². The molecule has 0 saturated heterocycles. The lowest BCUT2D eigenvalue weighted by molar-refractivity contribution is 0.445. The number of hydrogen-bond donors (Lipinski definition) is 3. The van der Waals surface area contributed by atoms with Crippen LogP contribution >= 0.6 is 12.4 Å². The molecule has 0 spiro atoms. The van der Waals surface area contributed by atoms with Gasteiger partial charge < -0.3 is 15.9 Å². The first-order chi connectivity index (χ1) is 6.15. The standard InChI is InChI=1S/C10H15NO2.ClH/c1-2-3-9(11)8-6-7(12)4-5-10(8)13;/h4-6,9,12-13H,2-3,11H2,1H3;1H/t9-;/m0./s1. The number of nitrogens with two attached hydrogens (primary N) is 1. The van der Waals surface area contributed by atoms with Crippen molar-refractivity contribution in [1.82, 2.24) is 0 Å². The smallest absolute Gasteiger partial charge is 0.120 e. The summed E-state index contributed by atoms with van der Waals surface area (Å²) in [6.07, 6.45) is 1.76. The number of halogens is 1. The molecular formula is C10H16ClNO2. The minimum atomic E-state index is -0.197. The van der Waals surface area contributed by atoms with E-state index >= 15 is 0 Å². The van der Waals surface area contributed by atoms with Gasteiger partial charge in [0.1, 0.15) is 11.5 Å². The highest BCUT2D eigenvalue weighted by molar-refractivity contribution is 5.85. The highest BCUT2D eigenvalue weighted by Crippen LogP contribution is 2.28. The average molecular weight is 218 g/mol. The molecule has 0 bridgehead atoms. The molecule has 1 aromatic carbocycles. The molecule has 0 saturated carbocycles. The molecule has 3 nitrogen and oxygen atoms in total. The van der Waals surface area contributed by atoms with E-state index in [1.807, 2.05) is 6.92 Å². The van der Waals surface area contributed by atoms with E-state index in [0.717, 1.165) is 12.8 Å². The molecule has 0 heterocycles. The van der Waals surface area contributed by atoms with Crippen LogP contribution in [0, 0.1) is 0 Å². The Morgan fingerprint density at radius 1 is 1.36 bits per heavy atom. The lowest BCUT2D eigenvalue weighted by Crippen LogP contribution is -2.09. The van der Waals surface area contributed by atoms with Crippen LogP contribution in [0.2, 0.25) is 0 Å². The topological polar surface area (TPSA) is 66.5 Å². The van der Waals surface area contributed by atoms with Gasteiger partial charge in [-0.05, 0) is 24.6 Å². The molecule has 0 fully saturated rings. The number of rotatable bonds is 3. The molecule has 0 aromatic heterocycles. The Morgan fingerprint density at radius 3 is 2.57 bits per heavy atom. The van der Waals surface area contributed by atoms with Gasteiger partial charge in [0.05, 0.1) is 0 Å². The predicted molar refractivity (Wildman–Crippen MR) is 58.9 cm³/mol. The quantitative estimate of drug-likeness (QED) is 0.681. The second-order valence-electron chi connectivity index (χ2n) is 3.14. The summed E-state index contributed by atoms with van der Waals surface area (Å²) in [5.41, 5.74) is 6.42. The fourth-order valence-corrected chi connectivity index (χ4v) is 1.31. The van der Waals surface area contributed by atoms with Crippen LogP contribution in [0.3, 0.4) is 0 Å².